The highest BCUT2D eigenvalue weighted by atomic mass is 16.5. The monoisotopic (exact) mass is 205 g/mol. The Morgan fingerprint density at radius 1 is 1.40 bits per heavy atom. The third kappa shape index (κ3) is 1.38. The number of aliphatic carboxylic acids is 1. The Bertz CT molecular complexity index is 556. The molecule has 1 aromatic carbocycles. The van der Waals surface area contributed by atoms with Crippen LogP contribution in [-0.4, -0.2) is 22.0 Å². The van der Waals surface area contributed by atoms with Crippen LogP contribution in [0.2, 0.25) is 0 Å². The lowest BCUT2D eigenvalue weighted by Gasteiger charge is -1.95. The minimum Gasteiger partial charge on any atom is -0.475 e. The number of carboxylic acid groups (broad SMARTS) is 1. The van der Waals surface area contributed by atoms with Gasteiger partial charge in [0.15, 0.2) is 5.58 Å². The van der Waals surface area contributed by atoms with Crippen LogP contribution in [0.25, 0.3) is 11.0 Å². The Balaban J connectivity index is 2.71. The number of benzene rings is 1. The topological polar surface area (TPSA) is 80.4 Å². The second-order valence-corrected chi connectivity index (χ2v) is 3.08. The van der Waals surface area contributed by atoms with Crippen LogP contribution in [0.4, 0.5) is 0 Å². The van der Waals surface area contributed by atoms with Gasteiger partial charge in [-0.3, -0.25) is 4.79 Å². The minimum atomic E-state index is -1.50. The number of aromatic nitrogens is 1. The van der Waals surface area contributed by atoms with E-state index in [0.29, 0.717) is 11.1 Å². The van der Waals surface area contributed by atoms with Crippen LogP contribution in [0.15, 0.2) is 22.7 Å². The molecule has 0 aliphatic heterocycles. The maximum atomic E-state index is 11.3. The van der Waals surface area contributed by atoms with Crippen molar-refractivity contribution in [1.29, 1.82) is 0 Å². The van der Waals surface area contributed by atoms with Gasteiger partial charge in [-0.25, -0.2) is 4.79 Å². The SMILES string of the molecule is Cc1noc2c(C(=O)C(=O)O)cccc12. The number of carbonyl (C=O) groups excluding carboxylic acids is 1. The highest BCUT2D eigenvalue weighted by Crippen LogP contribution is 2.21. The molecule has 15 heavy (non-hydrogen) atoms. The van der Waals surface area contributed by atoms with E-state index < -0.39 is 11.8 Å². The van der Waals surface area contributed by atoms with E-state index in [1.807, 2.05) is 0 Å². The molecule has 0 aliphatic rings. The summed E-state index contributed by atoms with van der Waals surface area (Å²) < 4.78 is 4.92. The zero-order valence-corrected chi connectivity index (χ0v) is 7.85. The zero-order chi connectivity index (χ0) is 11.0. The maximum Gasteiger partial charge on any atom is 0.377 e. The lowest BCUT2D eigenvalue weighted by molar-refractivity contribution is -0.131. The Hall–Kier alpha value is -2.17. The molecule has 0 fully saturated rings. The third-order valence-electron chi connectivity index (χ3n) is 2.12. The Morgan fingerprint density at radius 3 is 2.80 bits per heavy atom. The van der Waals surface area contributed by atoms with E-state index in [2.05, 4.69) is 5.16 Å². The molecule has 0 spiro atoms. The summed E-state index contributed by atoms with van der Waals surface area (Å²) in [6.45, 7) is 1.72. The quantitative estimate of drug-likeness (QED) is 0.592. The van der Waals surface area contributed by atoms with Crippen LogP contribution in [0.1, 0.15) is 16.1 Å². The molecular weight excluding hydrogens is 198 g/mol. The molecule has 5 heteroatoms. The summed E-state index contributed by atoms with van der Waals surface area (Å²) in [6.07, 6.45) is 0. The summed E-state index contributed by atoms with van der Waals surface area (Å²) in [5, 5.41) is 12.9. The number of nitrogens with zero attached hydrogens (tertiary/aromatic N) is 1. The number of aryl methyl sites for hydroxylation is 1. The van der Waals surface area contributed by atoms with Crippen molar-refractivity contribution in [3.8, 4) is 0 Å². The molecule has 1 heterocycles. The number of fused-ring (bicyclic) bond motifs is 1. The molecule has 2 rings (SSSR count). The predicted octanol–water partition coefficient (Wildman–Crippen LogP) is 1.40. The number of hydrogen-bond donors (Lipinski definition) is 1. The average molecular weight is 205 g/mol. The van der Waals surface area contributed by atoms with E-state index in [-0.39, 0.29) is 11.1 Å². The fourth-order valence-corrected chi connectivity index (χ4v) is 1.38. The highest BCUT2D eigenvalue weighted by molar-refractivity contribution is 6.41. The van der Waals surface area contributed by atoms with E-state index in [4.69, 9.17) is 9.63 Å². The highest BCUT2D eigenvalue weighted by Gasteiger charge is 2.20. The van der Waals surface area contributed by atoms with Crippen LogP contribution >= 0.6 is 0 Å². The van der Waals surface area contributed by atoms with Crippen molar-refractivity contribution in [1.82, 2.24) is 5.16 Å². The van der Waals surface area contributed by atoms with Crippen molar-refractivity contribution in [2.75, 3.05) is 0 Å². The van der Waals surface area contributed by atoms with Crippen molar-refractivity contribution >= 4 is 22.7 Å². The van der Waals surface area contributed by atoms with Crippen molar-refractivity contribution in [3.63, 3.8) is 0 Å². The Morgan fingerprint density at radius 2 is 2.13 bits per heavy atom. The smallest absolute Gasteiger partial charge is 0.377 e. The first-order valence-electron chi connectivity index (χ1n) is 4.24. The van der Waals surface area contributed by atoms with E-state index in [1.54, 1.807) is 19.1 Å². The summed E-state index contributed by atoms with van der Waals surface area (Å²) in [5.74, 6) is -2.49. The van der Waals surface area contributed by atoms with Gasteiger partial charge in [-0.2, -0.15) is 0 Å². The molecule has 5 nitrogen and oxygen atoms in total. The Kier molecular flexibility index (Phi) is 2.00. The number of para-hydroxylation sites is 1. The van der Waals surface area contributed by atoms with Crippen LogP contribution in [0.5, 0.6) is 0 Å². The van der Waals surface area contributed by atoms with Gasteiger partial charge in [-0.1, -0.05) is 11.2 Å². The standard InChI is InChI=1S/C10H7NO4/c1-5-6-3-2-4-7(8(12)10(13)14)9(6)15-11-5/h2-4H,1H3,(H,13,14). The van der Waals surface area contributed by atoms with Crippen LogP contribution < -0.4 is 0 Å². The van der Waals surface area contributed by atoms with Gasteiger partial charge in [0, 0.05) is 5.39 Å². The van der Waals surface area contributed by atoms with Gasteiger partial charge >= 0.3 is 5.97 Å². The van der Waals surface area contributed by atoms with Gasteiger partial charge in [-0.05, 0) is 19.1 Å². The summed E-state index contributed by atoms with van der Waals surface area (Å²) in [7, 11) is 0. The van der Waals surface area contributed by atoms with Crippen LogP contribution in [0.3, 0.4) is 0 Å². The lowest BCUT2D eigenvalue weighted by atomic mass is 10.1. The summed E-state index contributed by atoms with van der Waals surface area (Å²) >= 11 is 0. The number of carboxylic acids is 1. The van der Waals surface area contributed by atoms with Crippen LogP contribution in [-0.2, 0) is 4.79 Å². The molecule has 0 unspecified atom stereocenters. The molecule has 1 aromatic heterocycles. The normalized spacial score (nSPS) is 10.5. The lowest BCUT2D eigenvalue weighted by Crippen LogP contribution is -2.12. The largest absolute Gasteiger partial charge is 0.475 e. The molecule has 0 radical (unpaired) electrons. The number of carbonyl (C=O) groups is 2. The molecule has 1 N–H and O–H groups in total. The molecule has 0 saturated carbocycles. The van der Waals surface area contributed by atoms with Gasteiger partial charge in [-0.15, -0.1) is 0 Å². The summed E-state index contributed by atoms with van der Waals surface area (Å²) in [4.78, 5) is 21.8. The molecule has 0 aliphatic carbocycles. The molecule has 0 atom stereocenters. The first kappa shape index (κ1) is 9.39. The van der Waals surface area contributed by atoms with Gasteiger partial charge in [0.2, 0.25) is 0 Å². The zero-order valence-electron chi connectivity index (χ0n) is 7.85. The van der Waals surface area contributed by atoms with E-state index >= 15 is 0 Å². The molecule has 0 bridgehead atoms. The molecule has 2 aromatic rings. The molecule has 0 saturated heterocycles. The number of hydrogen-bond acceptors (Lipinski definition) is 4. The van der Waals surface area contributed by atoms with E-state index in [9.17, 15) is 9.59 Å². The minimum absolute atomic E-state index is 0.0283. The van der Waals surface area contributed by atoms with E-state index in [0.717, 1.165) is 0 Å². The number of ketones is 1. The molecule has 76 valence electrons. The second kappa shape index (κ2) is 3.20. The first-order valence-corrected chi connectivity index (χ1v) is 4.24. The van der Waals surface area contributed by atoms with Crippen molar-refractivity contribution in [2.24, 2.45) is 0 Å². The molecule has 0 amide bonds. The number of rotatable bonds is 2. The van der Waals surface area contributed by atoms with Gasteiger partial charge < -0.3 is 9.63 Å². The maximum absolute atomic E-state index is 11.3. The van der Waals surface area contributed by atoms with E-state index in [1.165, 1.54) is 6.07 Å². The van der Waals surface area contributed by atoms with Gasteiger partial charge in [0.1, 0.15) is 0 Å². The molecular formula is C10H7NO4. The third-order valence-corrected chi connectivity index (χ3v) is 2.12. The summed E-state index contributed by atoms with van der Waals surface area (Å²) in [5.41, 5.74) is 0.882. The predicted molar refractivity (Wildman–Crippen MR) is 50.7 cm³/mol. The van der Waals surface area contributed by atoms with Crippen molar-refractivity contribution < 1.29 is 19.2 Å². The van der Waals surface area contributed by atoms with Gasteiger partial charge in [0.25, 0.3) is 5.78 Å². The fourth-order valence-electron chi connectivity index (χ4n) is 1.38. The second-order valence-electron chi connectivity index (χ2n) is 3.08. The summed E-state index contributed by atoms with van der Waals surface area (Å²) in [6, 6.07) is 4.73. The van der Waals surface area contributed by atoms with Gasteiger partial charge in [0.05, 0.1) is 11.3 Å². The van der Waals surface area contributed by atoms with Crippen LogP contribution in [0, 0.1) is 6.92 Å². The van der Waals surface area contributed by atoms with Crippen molar-refractivity contribution in [2.45, 2.75) is 6.92 Å². The fraction of sp³-hybridized carbons (Fsp3) is 0.100. The van der Waals surface area contributed by atoms with Crippen molar-refractivity contribution in [3.05, 3.63) is 29.5 Å². The Labute approximate surface area is 84.3 Å². The first-order chi connectivity index (χ1) is 7.11. The average Bonchev–Trinajstić information content (AvgIpc) is 2.59. The number of Topliss-reactive ketones (excluding diaryl/α,β-unsaturated/α-hetero) is 1.